The molecule has 0 unspecified atom stereocenters. The lowest BCUT2D eigenvalue weighted by atomic mass is 10.1. The molecule has 0 aliphatic heterocycles. The number of aryl methyl sites for hydroxylation is 2. The maximum atomic E-state index is 12.9. The van der Waals surface area contributed by atoms with Gasteiger partial charge in [0.1, 0.15) is 0 Å². The van der Waals surface area contributed by atoms with Gasteiger partial charge in [-0.25, -0.2) is 4.98 Å². The summed E-state index contributed by atoms with van der Waals surface area (Å²) in [6, 6.07) is 9.68. The molecular weight excluding hydrogens is 380 g/mol. The van der Waals surface area contributed by atoms with Gasteiger partial charge in [0, 0.05) is 40.9 Å². The van der Waals surface area contributed by atoms with E-state index in [0.717, 1.165) is 50.9 Å². The van der Waals surface area contributed by atoms with Crippen molar-refractivity contribution in [2.45, 2.75) is 30.6 Å². The minimum atomic E-state index is -0.0582. The van der Waals surface area contributed by atoms with E-state index in [9.17, 15) is 4.79 Å². The zero-order valence-electron chi connectivity index (χ0n) is 15.3. The highest BCUT2D eigenvalue weighted by atomic mass is 35.5. The van der Waals surface area contributed by atoms with Crippen molar-refractivity contribution in [1.29, 1.82) is 0 Å². The van der Waals surface area contributed by atoms with Crippen LogP contribution >= 0.6 is 23.4 Å². The van der Waals surface area contributed by atoms with Crippen LogP contribution in [-0.2, 0) is 7.05 Å². The number of hydrogen-bond donors (Lipinski definition) is 1. The van der Waals surface area contributed by atoms with Crippen LogP contribution in [0.15, 0.2) is 35.2 Å². The molecule has 1 aliphatic carbocycles. The van der Waals surface area contributed by atoms with Gasteiger partial charge in [-0.1, -0.05) is 11.6 Å². The van der Waals surface area contributed by atoms with Crippen molar-refractivity contribution in [3.05, 3.63) is 52.3 Å². The van der Waals surface area contributed by atoms with E-state index in [2.05, 4.69) is 10.4 Å². The first kappa shape index (κ1) is 18.3. The van der Waals surface area contributed by atoms with Gasteiger partial charge in [0.05, 0.1) is 16.6 Å². The van der Waals surface area contributed by atoms with E-state index >= 15 is 0 Å². The third-order valence-electron chi connectivity index (χ3n) is 4.70. The van der Waals surface area contributed by atoms with E-state index in [1.54, 1.807) is 16.4 Å². The molecule has 2 heterocycles. The number of thioether (sulfide) groups is 1. The number of aromatic nitrogens is 3. The van der Waals surface area contributed by atoms with Crippen LogP contribution in [0.4, 0.5) is 0 Å². The number of nitrogens with zero attached hydrogens (tertiary/aromatic N) is 3. The second-order valence-corrected chi connectivity index (χ2v) is 8.44. The molecule has 140 valence electrons. The Balaban J connectivity index is 1.47. The highest BCUT2D eigenvalue weighted by Crippen LogP contribution is 2.40. The van der Waals surface area contributed by atoms with Gasteiger partial charge in [0.25, 0.3) is 5.91 Å². The molecular formula is C20H21ClN4OS. The molecule has 1 saturated carbocycles. The maximum Gasteiger partial charge on any atom is 0.252 e. The third-order valence-corrected chi connectivity index (χ3v) is 5.96. The Morgan fingerprint density at radius 1 is 1.33 bits per heavy atom. The topological polar surface area (TPSA) is 59.8 Å². The van der Waals surface area contributed by atoms with Gasteiger partial charge in [-0.15, -0.1) is 11.8 Å². The molecule has 0 atom stereocenters. The van der Waals surface area contributed by atoms with Crippen molar-refractivity contribution in [1.82, 2.24) is 20.1 Å². The molecule has 0 bridgehead atoms. The standard InChI is InChI=1S/C20H21ClN4OS/c1-12-18-16(11-17(13-3-4-13)23-19(18)25(2)24-12)20(26)22-9-10-27-15-7-5-14(21)6-8-15/h5-8,11,13H,3-4,9-10H2,1-2H3,(H,22,26). The minimum Gasteiger partial charge on any atom is -0.351 e. The molecule has 1 aromatic carbocycles. The van der Waals surface area contributed by atoms with Crippen LogP contribution in [0.25, 0.3) is 11.0 Å². The second-order valence-electron chi connectivity index (χ2n) is 6.83. The number of hydrogen-bond acceptors (Lipinski definition) is 4. The van der Waals surface area contributed by atoms with Gasteiger partial charge in [-0.2, -0.15) is 5.10 Å². The van der Waals surface area contributed by atoms with Crippen LogP contribution < -0.4 is 5.32 Å². The molecule has 3 aromatic rings. The van der Waals surface area contributed by atoms with Crippen LogP contribution in [-0.4, -0.2) is 33.0 Å². The lowest BCUT2D eigenvalue weighted by Crippen LogP contribution is -2.26. The summed E-state index contributed by atoms with van der Waals surface area (Å²) >= 11 is 7.60. The van der Waals surface area contributed by atoms with Gasteiger partial charge in [-0.05, 0) is 50.1 Å². The minimum absolute atomic E-state index is 0.0582. The Kier molecular flexibility index (Phi) is 5.10. The van der Waals surface area contributed by atoms with Gasteiger partial charge in [0.2, 0.25) is 0 Å². The molecule has 4 rings (SSSR count). The largest absolute Gasteiger partial charge is 0.351 e. The maximum absolute atomic E-state index is 12.9. The number of pyridine rings is 1. The van der Waals surface area contributed by atoms with E-state index in [0.29, 0.717) is 18.0 Å². The molecule has 0 spiro atoms. The number of carbonyl (C=O) groups is 1. The Bertz CT molecular complexity index is 995. The third kappa shape index (κ3) is 3.96. The van der Waals surface area contributed by atoms with Gasteiger partial charge < -0.3 is 5.32 Å². The van der Waals surface area contributed by atoms with E-state index < -0.39 is 0 Å². The average molecular weight is 401 g/mol. The van der Waals surface area contributed by atoms with Crippen molar-refractivity contribution in [2.75, 3.05) is 12.3 Å². The Hall–Kier alpha value is -2.05. The number of halogens is 1. The molecule has 1 fully saturated rings. The van der Waals surface area contributed by atoms with Crippen molar-refractivity contribution in [3.63, 3.8) is 0 Å². The fraction of sp³-hybridized carbons (Fsp3) is 0.350. The highest BCUT2D eigenvalue weighted by Gasteiger charge is 2.28. The molecule has 27 heavy (non-hydrogen) atoms. The lowest BCUT2D eigenvalue weighted by molar-refractivity contribution is 0.0957. The molecule has 1 N–H and O–H groups in total. The molecule has 0 saturated heterocycles. The Morgan fingerprint density at radius 2 is 2.07 bits per heavy atom. The van der Waals surface area contributed by atoms with Crippen molar-refractivity contribution < 1.29 is 4.79 Å². The van der Waals surface area contributed by atoms with Crippen LogP contribution in [0.3, 0.4) is 0 Å². The fourth-order valence-electron chi connectivity index (χ4n) is 3.19. The number of nitrogens with one attached hydrogen (secondary N) is 1. The molecule has 2 aromatic heterocycles. The summed E-state index contributed by atoms with van der Waals surface area (Å²) in [7, 11) is 1.88. The summed E-state index contributed by atoms with van der Waals surface area (Å²) in [6.45, 7) is 2.52. The van der Waals surface area contributed by atoms with Gasteiger partial charge >= 0.3 is 0 Å². The normalized spacial score (nSPS) is 13.9. The van der Waals surface area contributed by atoms with E-state index in [1.807, 2.05) is 44.3 Å². The lowest BCUT2D eigenvalue weighted by Gasteiger charge is -2.09. The predicted octanol–water partition coefficient (Wildman–Crippen LogP) is 4.33. The fourth-order valence-corrected chi connectivity index (χ4v) is 4.09. The zero-order valence-corrected chi connectivity index (χ0v) is 16.9. The van der Waals surface area contributed by atoms with Crippen molar-refractivity contribution in [2.24, 2.45) is 7.05 Å². The summed E-state index contributed by atoms with van der Waals surface area (Å²) in [6.07, 6.45) is 2.29. The average Bonchev–Trinajstić information content (AvgIpc) is 3.46. The number of fused-ring (bicyclic) bond motifs is 1. The van der Waals surface area contributed by atoms with E-state index in [4.69, 9.17) is 16.6 Å². The van der Waals surface area contributed by atoms with Crippen LogP contribution in [0.1, 0.15) is 40.5 Å². The Morgan fingerprint density at radius 3 is 2.78 bits per heavy atom. The molecule has 5 nitrogen and oxygen atoms in total. The van der Waals surface area contributed by atoms with Gasteiger partial charge in [0.15, 0.2) is 5.65 Å². The van der Waals surface area contributed by atoms with Crippen LogP contribution in [0, 0.1) is 6.92 Å². The summed E-state index contributed by atoms with van der Waals surface area (Å²) < 4.78 is 1.77. The molecule has 1 amide bonds. The van der Waals surface area contributed by atoms with Crippen molar-refractivity contribution in [3.8, 4) is 0 Å². The Labute approximate surface area is 167 Å². The number of benzene rings is 1. The van der Waals surface area contributed by atoms with Gasteiger partial charge in [-0.3, -0.25) is 9.48 Å². The highest BCUT2D eigenvalue weighted by molar-refractivity contribution is 7.99. The van der Waals surface area contributed by atoms with E-state index in [-0.39, 0.29) is 5.91 Å². The SMILES string of the molecule is Cc1nn(C)c2nc(C3CC3)cc(C(=O)NCCSc3ccc(Cl)cc3)c12. The van der Waals surface area contributed by atoms with Crippen molar-refractivity contribution >= 4 is 40.3 Å². The number of rotatable bonds is 6. The first-order valence-corrected chi connectivity index (χ1v) is 10.4. The zero-order chi connectivity index (χ0) is 19.0. The summed E-state index contributed by atoms with van der Waals surface area (Å²) in [5.41, 5.74) is 3.32. The number of carbonyl (C=O) groups excluding carboxylic acids is 1. The van der Waals surface area contributed by atoms with E-state index in [1.165, 1.54) is 0 Å². The predicted molar refractivity (Wildman–Crippen MR) is 110 cm³/mol. The quantitative estimate of drug-likeness (QED) is 0.494. The second kappa shape index (κ2) is 7.52. The monoisotopic (exact) mass is 400 g/mol. The first-order valence-electron chi connectivity index (χ1n) is 9.03. The smallest absolute Gasteiger partial charge is 0.252 e. The first-order chi connectivity index (χ1) is 13.0. The molecule has 1 aliphatic rings. The summed E-state index contributed by atoms with van der Waals surface area (Å²) in [5.74, 6) is 1.22. The molecule has 7 heteroatoms. The van der Waals surface area contributed by atoms with Crippen LogP contribution in [0.5, 0.6) is 0 Å². The summed E-state index contributed by atoms with van der Waals surface area (Å²) in [5, 5.41) is 9.08. The molecule has 0 radical (unpaired) electrons. The summed E-state index contributed by atoms with van der Waals surface area (Å²) in [4.78, 5) is 18.8. The van der Waals surface area contributed by atoms with Crippen LogP contribution in [0.2, 0.25) is 5.02 Å². The number of amides is 1.